The smallest absolute Gasteiger partial charge is 0.351 e. The highest BCUT2D eigenvalue weighted by molar-refractivity contribution is 5.23. The van der Waals surface area contributed by atoms with Gasteiger partial charge < -0.3 is 29.4 Å². The summed E-state index contributed by atoms with van der Waals surface area (Å²) in [6.45, 7) is 0.319. The molecular formula is C17H21N3O6. The molecule has 2 N–H and O–H groups in total. The van der Waals surface area contributed by atoms with E-state index in [0.717, 1.165) is 5.56 Å². The van der Waals surface area contributed by atoms with E-state index in [1.807, 2.05) is 30.3 Å². The van der Waals surface area contributed by atoms with E-state index in [4.69, 9.17) is 29.4 Å². The molecule has 26 heavy (non-hydrogen) atoms. The fourth-order valence-corrected chi connectivity index (χ4v) is 2.59. The van der Waals surface area contributed by atoms with E-state index in [1.165, 1.54) is 31.0 Å². The summed E-state index contributed by atoms with van der Waals surface area (Å²) in [6, 6.07) is 11.0. The molecule has 0 saturated carbocycles. The van der Waals surface area contributed by atoms with E-state index in [1.54, 1.807) is 0 Å². The standard InChI is InChI=1S/C17H21N3O6/c1-22-17(23-2,25-10-12-6-4-3-5-7-12)15-24-11-14(26-15)20-9-8-13(18)19-16(20)21/h3-9,14-15H,10-11H2,1-2H3,(H2,18,19,21). The molecule has 1 fully saturated rings. The minimum Gasteiger partial charge on any atom is -0.383 e. The van der Waals surface area contributed by atoms with Crippen LogP contribution in [0.4, 0.5) is 5.82 Å². The third kappa shape index (κ3) is 3.76. The van der Waals surface area contributed by atoms with E-state index >= 15 is 0 Å². The second-order valence-electron chi connectivity index (χ2n) is 5.58. The molecule has 1 aliphatic heterocycles. The van der Waals surface area contributed by atoms with Crippen LogP contribution in [0.15, 0.2) is 47.4 Å². The number of ether oxygens (including phenoxy) is 5. The minimum absolute atomic E-state index is 0.0966. The van der Waals surface area contributed by atoms with Gasteiger partial charge in [-0.2, -0.15) is 4.98 Å². The van der Waals surface area contributed by atoms with E-state index in [2.05, 4.69) is 4.98 Å². The summed E-state index contributed by atoms with van der Waals surface area (Å²) < 4.78 is 29.3. The van der Waals surface area contributed by atoms with Gasteiger partial charge in [-0.15, -0.1) is 0 Å². The van der Waals surface area contributed by atoms with Crippen LogP contribution in [-0.4, -0.2) is 42.6 Å². The third-order valence-electron chi connectivity index (χ3n) is 3.97. The molecule has 0 aliphatic carbocycles. The fourth-order valence-electron chi connectivity index (χ4n) is 2.59. The van der Waals surface area contributed by atoms with Crippen molar-refractivity contribution in [2.24, 2.45) is 0 Å². The van der Waals surface area contributed by atoms with Crippen LogP contribution in [0.25, 0.3) is 0 Å². The monoisotopic (exact) mass is 363 g/mol. The minimum atomic E-state index is -1.59. The van der Waals surface area contributed by atoms with Crippen molar-refractivity contribution in [2.45, 2.75) is 25.1 Å². The van der Waals surface area contributed by atoms with Crippen molar-refractivity contribution in [2.75, 3.05) is 26.6 Å². The van der Waals surface area contributed by atoms with Crippen LogP contribution in [0.2, 0.25) is 0 Å². The molecular weight excluding hydrogens is 342 g/mol. The topological polar surface area (TPSA) is 107 Å². The zero-order chi connectivity index (χ0) is 18.6. The lowest BCUT2D eigenvalue weighted by atomic mass is 10.2. The summed E-state index contributed by atoms with van der Waals surface area (Å²) >= 11 is 0. The molecule has 1 aromatic carbocycles. The highest BCUT2D eigenvalue weighted by Crippen LogP contribution is 2.32. The number of nitrogens with two attached hydrogens (primary N) is 1. The first-order valence-corrected chi connectivity index (χ1v) is 7.98. The summed E-state index contributed by atoms with van der Waals surface area (Å²) in [5, 5.41) is 0. The van der Waals surface area contributed by atoms with Crippen molar-refractivity contribution in [1.29, 1.82) is 0 Å². The Morgan fingerprint density at radius 1 is 1.27 bits per heavy atom. The molecule has 9 nitrogen and oxygen atoms in total. The Morgan fingerprint density at radius 2 is 2.00 bits per heavy atom. The average molecular weight is 363 g/mol. The van der Waals surface area contributed by atoms with Crippen molar-refractivity contribution in [3.63, 3.8) is 0 Å². The first-order valence-electron chi connectivity index (χ1n) is 7.98. The maximum absolute atomic E-state index is 12.0. The predicted octanol–water partition coefficient (Wildman–Crippen LogP) is 0.860. The van der Waals surface area contributed by atoms with Crippen LogP contribution in [-0.2, 0) is 30.3 Å². The van der Waals surface area contributed by atoms with Gasteiger partial charge >= 0.3 is 11.7 Å². The second-order valence-corrected chi connectivity index (χ2v) is 5.58. The molecule has 2 aromatic rings. The van der Waals surface area contributed by atoms with Crippen LogP contribution in [0.3, 0.4) is 0 Å². The average Bonchev–Trinajstić information content (AvgIpc) is 3.14. The van der Waals surface area contributed by atoms with Crippen molar-refractivity contribution < 1.29 is 23.7 Å². The second kappa shape index (κ2) is 7.94. The third-order valence-corrected chi connectivity index (χ3v) is 3.97. The molecule has 1 aromatic heterocycles. The van der Waals surface area contributed by atoms with Crippen molar-refractivity contribution in [3.8, 4) is 0 Å². The maximum Gasteiger partial charge on any atom is 0.351 e. The van der Waals surface area contributed by atoms with Crippen LogP contribution < -0.4 is 11.4 Å². The van der Waals surface area contributed by atoms with Gasteiger partial charge in [-0.25, -0.2) is 4.79 Å². The number of rotatable bonds is 7. The van der Waals surface area contributed by atoms with E-state index < -0.39 is 24.2 Å². The summed E-state index contributed by atoms with van der Waals surface area (Å²) in [6.07, 6.45) is -0.214. The van der Waals surface area contributed by atoms with Gasteiger partial charge in [-0.3, -0.25) is 4.57 Å². The van der Waals surface area contributed by atoms with Crippen LogP contribution >= 0.6 is 0 Å². The number of nitrogens with zero attached hydrogens (tertiary/aromatic N) is 2. The lowest BCUT2D eigenvalue weighted by molar-refractivity contribution is -0.434. The SMILES string of the molecule is COC(OC)(OCc1ccccc1)C1OCC(n2ccc(N)nc2=O)O1. The highest BCUT2D eigenvalue weighted by atomic mass is 16.9. The van der Waals surface area contributed by atoms with E-state index in [-0.39, 0.29) is 19.0 Å². The Morgan fingerprint density at radius 3 is 2.65 bits per heavy atom. The quantitative estimate of drug-likeness (QED) is 0.722. The van der Waals surface area contributed by atoms with Crippen molar-refractivity contribution in [3.05, 3.63) is 58.6 Å². The number of methoxy groups -OCH3 is 2. The van der Waals surface area contributed by atoms with Gasteiger partial charge in [0, 0.05) is 20.4 Å². The maximum atomic E-state index is 12.0. The number of hydrogen-bond acceptors (Lipinski definition) is 8. The fraction of sp³-hybridized carbons (Fsp3) is 0.412. The normalized spacial score (nSPS) is 20.4. The largest absolute Gasteiger partial charge is 0.383 e. The van der Waals surface area contributed by atoms with Crippen LogP contribution in [0.1, 0.15) is 11.8 Å². The Kier molecular flexibility index (Phi) is 5.64. The molecule has 2 heterocycles. The first-order chi connectivity index (χ1) is 12.6. The van der Waals surface area contributed by atoms with Gasteiger partial charge in [0.15, 0.2) is 6.23 Å². The summed E-state index contributed by atoms with van der Waals surface area (Å²) in [5.74, 6) is -1.45. The molecule has 0 spiro atoms. The van der Waals surface area contributed by atoms with Crippen LogP contribution in [0.5, 0.6) is 0 Å². The summed E-state index contributed by atoms with van der Waals surface area (Å²) in [5.41, 5.74) is 5.90. The Labute approximate surface area is 150 Å². The summed E-state index contributed by atoms with van der Waals surface area (Å²) in [7, 11) is 2.84. The van der Waals surface area contributed by atoms with Crippen molar-refractivity contribution in [1.82, 2.24) is 9.55 Å². The lowest BCUT2D eigenvalue weighted by Gasteiger charge is -2.33. The molecule has 0 amide bonds. The molecule has 2 unspecified atom stereocenters. The van der Waals surface area contributed by atoms with Crippen molar-refractivity contribution >= 4 is 5.82 Å². The Bertz CT molecular complexity index is 778. The number of aromatic nitrogens is 2. The number of anilines is 1. The molecule has 0 radical (unpaired) electrons. The van der Waals surface area contributed by atoms with Gasteiger partial charge in [0.25, 0.3) is 0 Å². The molecule has 140 valence electrons. The summed E-state index contributed by atoms with van der Waals surface area (Å²) in [4.78, 5) is 15.7. The number of hydrogen-bond donors (Lipinski definition) is 1. The van der Waals surface area contributed by atoms with Crippen LogP contribution in [0, 0.1) is 0 Å². The van der Waals surface area contributed by atoms with Gasteiger partial charge in [-0.05, 0) is 11.6 Å². The molecule has 1 saturated heterocycles. The van der Waals surface area contributed by atoms with E-state index in [9.17, 15) is 4.79 Å². The number of benzene rings is 1. The predicted molar refractivity (Wildman–Crippen MR) is 90.8 cm³/mol. The van der Waals surface area contributed by atoms with Gasteiger partial charge in [-0.1, -0.05) is 30.3 Å². The molecule has 2 atom stereocenters. The highest BCUT2D eigenvalue weighted by Gasteiger charge is 2.49. The van der Waals surface area contributed by atoms with Gasteiger partial charge in [0.1, 0.15) is 5.82 Å². The molecule has 0 bridgehead atoms. The van der Waals surface area contributed by atoms with E-state index in [0.29, 0.717) is 0 Å². The number of nitrogen functional groups attached to an aromatic ring is 1. The van der Waals surface area contributed by atoms with Gasteiger partial charge in [0.05, 0.1) is 13.2 Å². The zero-order valence-corrected chi connectivity index (χ0v) is 14.5. The lowest BCUT2D eigenvalue weighted by Crippen LogP contribution is -2.49. The molecule has 1 aliphatic rings. The van der Waals surface area contributed by atoms with Gasteiger partial charge in [0.2, 0.25) is 6.29 Å². The molecule has 3 rings (SSSR count). The zero-order valence-electron chi connectivity index (χ0n) is 14.5. The Hall–Kier alpha value is -2.30. The first kappa shape index (κ1) is 18.5. The molecule has 9 heteroatoms. The Balaban J connectivity index is 1.73.